The molecule has 8 rings (SSSR count). The summed E-state index contributed by atoms with van der Waals surface area (Å²) in [7, 11) is 0. The first-order chi connectivity index (χ1) is 22.3. The minimum absolute atomic E-state index is 0.0160. The number of nitrogens with one attached hydrogen (secondary N) is 1. The zero-order valence-electron chi connectivity index (χ0n) is 25.4. The van der Waals surface area contributed by atoms with Crippen molar-refractivity contribution in [3.05, 3.63) is 47.4 Å². The molecule has 3 saturated heterocycles. The molecule has 2 N–H and O–H groups in total. The predicted octanol–water partition coefficient (Wildman–Crippen LogP) is 5.80. The van der Waals surface area contributed by atoms with Crippen LogP contribution in [0.1, 0.15) is 56.1 Å². The number of hydrogen-bond acceptors (Lipinski definition) is 8. The molecule has 2 aromatic heterocycles. The van der Waals surface area contributed by atoms with Crippen molar-refractivity contribution in [3.8, 4) is 35.4 Å². The minimum atomic E-state index is -3.01. The number of aromatic hydroxyl groups is 1. The molecule has 4 aliphatic rings. The normalized spacial score (nSPS) is 22.2. The summed E-state index contributed by atoms with van der Waals surface area (Å²) in [5, 5.41) is 15.2. The minimum Gasteiger partial charge on any atom is -0.508 e. The van der Waals surface area contributed by atoms with Crippen LogP contribution in [0.4, 0.5) is 19.0 Å². The van der Waals surface area contributed by atoms with Crippen LogP contribution in [0.3, 0.4) is 0 Å². The number of phenolic OH excluding ortho intramolecular Hbond substituents is 1. The summed E-state index contributed by atoms with van der Waals surface area (Å²) in [6, 6.07) is 5.98. The number of rotatable bonds is 8. The Kier molecular flexibility index (Phi) is 7.18. The molecule has 2 atom stereocenters. The first kappa shape index (κ1) is 29.3. The van der Waals surface area contributed by atoms with Gasteiger partial charge in [-0.1, -0.05) is 12.0 Å². The summed E-state index contributed by atoms with van der Waals surface area (Å²) in [6.07, 6.45) is 10.8. The largest absolute Gasteiger partial charge is 0.508 e. The molecule has 238 valence electrons. The van der Waals surface area contributed by atoms with Gasteiger partial charge in [0.05, 0.1) is 34.3 Å². The number of pyridine rings is 1. The van der Waals surface area contributed by atoms with Gasteiger partial charge in [0.2, 0.25) is 0 Å². The second-order valence-electron chi connectivity index (χ2n) is 13.4. The molecular weight excluding hydrogens is 593 g/mol. The van der Waals surface area contributed by atoms with Crippen molar-refractivity contribution in [2.24, 2.45) is 5.41 Å². The quantitative estimate of drug-likeness (QED) is 0.237. The zero-order valence-corrected chi connectivity index (χ0v) is 25.4. The van der Waals surface area contributed by atoms with Crippen LogP contribution >= 0.6 is 0 Å². The van der Waals surface area contributed by atoms with Gasteiger partial charge in [0.1, 0.15) is 17.4 Å². The number of nitrogens with zero attached hydrogens (tertiary/aromatic N) is 5. The van der Waals surface area contributed by atoms with Gasteiger partial charge < -0.3 is 25.0 Å². The average Bonchev–Trinajstić information content (AvgIpc) is 3.45. The Balaban J connectivity index is 1.28. The molecule has 4 fully saturated rings. The van der Waals surface area contributed by atoms with E-state index in [9.17, 15) is 9.50 Å². The molecule has 0 radical (unpaired) electrons. The molecule has 2 bridgehead atoms. The van der Waals surface area contributed by atoms with E-state index in [4.69, 9.17) is 16.1 Å². The van der Waals surface area contributed by atoms with E-state index in [0.717, 1.165) is 45.3 Å². The lowest BCUT2D eigenvalue weighted by molar-refractivity contribution is 0.153. The Bertz CT molecular complexity index is 1870. The average molecular weight is 629 g/mol. The number of aromatic nitrogens is 3. The number of hydrogen-bond donors (Lipinski definition) is 2. The topological polar surface area (TPSA) is 86.6 Å². The van der Waals surface area contributed by atoms with Crippen LogP contribution in [0.15, 0.2) is 30.5 Å². The van der Waals surface area contributed by atoms with E-state index in [1.807, 2.05) is 0 Å². The van der Waals surface area contributed by atoms with E-state index >= 15 is 8.78 Å². The van der Waals surface area contributed by atoms with Gasteiger partial charge in [0, 0.05) is 54.3 Å². The highest BCUT2D eigenvalue weighted by molar-refractivity contribution is 6.04. The molecule has 46 heavy (non-hydrogen) atoms. The highest BCUT2D eigenvalue weighted by Crippen LogP contribution is 2.47. The van der Waals surface area contributed by atoms with Crippen LogP contribution in [0, 0.1) is 23.6 Å². The molecule has 4 aromatic rings. The Hall–Kier alpha value is -4.14. The SMILES string of the molecule is C#Cc1c(F)ccc2cc(O)cc(-c3ncc4c(N5CC6CCC(C5)N6)nc(OCC5(CN6CCCC6)CC5)nc4c3C(F)F)c12. The van der Waals surface area contributed by atoms with E-state index in [0.29, 0.717) is 36.3 Å². The highest BCUT2D eigenvalue weighted by atomic mass is 19.3. The number of phenols is 1. The van der Waals surface area contributed by atoms with Crippen molar-refractivity contribution in [1.82, 2.24) is 25.2 Å². The van der Waals surface area contributed by atoms with Gasteiger partial charge in [0.25, 0.3) is 6.43 Å². The van der Waals surface area contributed by atoms with E-state index in [1.54, 1.807) is 0 Å². The number of fused-ring (bicyclic) bond motifs is 4. The highest BCUT2D eigenvalue weighted by Gasteiger charge is 2.45. The Labute approximate surface area is 265 Å². The van der Waals surface area contributed by atoms with Crippen molar-refractivity contribution < 1.29 is 23.0 Å². The molecule has 2 unspecified atom stereocenters. The molecular formula is C35H35F3N6O2. The third kappa shape index (κ3) is 5.17. The second-order valence-corrected chi connectivity index (χ2v) is 13.4. The van der Waals surface area contributed by atoms with Crippen molar-refractivity contribution in [1.29, 1.82) is 0 Å². The van der Waals surface area contributed by atoms with Crippen LogP contribution in [-0.4, -0.2) is 76.4 Å². The van der Waals surface area contributed by atoms with E-state index in [1.165, 1.54) is 43.3 Å². The molecule has 8 nitrogen and oxygen atoms in total. The summed E-state index contributed by atoms with van der Waals surface area (Å²) in [5.74, 6) is 2.02. The molecule has 1 saturated carbocycles. The van der Waals surface area contributed by atoms with E-state index in [2.05, 4.69) is 31.0 Å². The maximum Gasteiger partial charge on any atom is 0.318 e. The summed E-state index contributed by atoms with van der Waals surface area (Å²) in [4.78, 5) is 18.6. The first-order valence-corrected chi connectivity index (χ1v) is 16.1. The van der Waals surface area contributed by atoms with Crippen molar-refractivity contribution >= 4 is 27.5 Å². The summed E-state index contributed by atoms with van der Waals surface area (Å²) in [6.45, 7) is 4.89. The molecule has 0 amide bonds. The number of alkyl halides is 2. The van der Waals surface area contributed by atoms with Crippen LogP contribution < -0.4 is 15.0 Å². The molecule has 5 heterocycles. The van der Waals surface area contributed by atoms with Crippen molar-refractivity contribution in [3.63, 3.8) is 0 Å². The van der Waals surface area contributed by atoms with Gasteiger partial charge in [-0.25, -0.2) is 13.2 Å². The number of halogens is 3. The number of terminal acetylenes is 1. The molecule has 1 aliphatic carbocycles. The summed E-state index contributed by atoms with van der Waals surface area (Å²) < 4.78 is 51.8. The van der Waals surface area contributed by atoms with Gasteiger partial charge in [-0.2, -0.15) is 9.97 Å². The predicted molar refractivity (Wildman–Crippen MR) is 170 cm³/mol. The second kappa shape index (κ2) is 11.3. The van der Waals surface area contributed by atoms with Gasteiger partial charge in [0.15, 0.2) is 0 Å². The lowest BCUT2D eigenvalue weighted by atomic mass is 9.94. The number of ether oxygens (including phenoxy) is 1. The number of likely N-dealkylation sites (tertiary alicyclic amines) is 1. The maximum absolute atomic E-state index is 15.3. The molecule has 11 heteroatoms. The van der Waals surface area contributed by atoms with Gasteiger partial charge in [-0.3, -0.25) is 4.98 Å². The Morgan fingerprint density at radius 1 is 1.11 bits per heavy atom. The van der Waals surface area contributed by atoms with Crippen LogP contribution in [0.25, 0.3) is 32.9 Å². The van der Waals surface area contributed by atoms with Crippen molar-refractivity contribution in [2.75, 3.05) is 44.2 Å². The third-order valence-corrected chi connectivity index (χ3v) is 10.1. The fourth-order valence-electron chi connectivity index (χ4n) is 7.68. The van der Waals surface area contributed by atoms with Gasteiger partial charge >= 0.3 is 6.01 Å². The molecule has 0 spiro atoms. The fraction of sp³-hybridized carbons (Fsp3) is 0.457. The first-order valence-electron chi connectivity index (χ1n) is 16.1. The van der Waals surface area contributed by atoms with Crippen LogP contribution in [0.2, 0.25) is 0 Å². The summed E-state index contributed by atoms with van der Waals surface area (Å²) in [5.41, 5.74) is -0.528. The van der Waals surface area contributed by atoms with E-state index < -0.39 is 17.8 Å². The van der Waals surface area contributed by atoms with Crippen molar-refractivity contribution in [2.45, 2.75) is 57.0 Å². The summed E-state index contributed by atoms with van der Waals surface area (Å²) >= 11 is 0. The lowest BCUT2D eigenvalue weighted by Crippen LogP contribution is -2.51. The van der Waals surface area contributed by atoms with Crippen LogP contribution in [-0.2, 0) is 0 Å². The standard InChI is InChI=1S/C35H35F3N6O2/c1-2-24-27(36)8-5-20-13-23(45)14-25(28(20)24)30-29(32(37)38)31-26(15-39-30)33(44-16-21-6-7-22(17-44)40-21)42-34(41-31)46-19-35(9-10-35)18-43-11-3-4-12-43/h1,5,8,13-15,21-22,32,40,45H,3-4,6-7,9-12,16-19H2. The Morgan fingerprint density at radius 2 is 1.87 bits per heavy atom. The zero-order chi connectivity index (χ0) is 31.6. The third-order valence-electron chi connectivity index (χ3n) is 10.1. The fourth-order valence-corrected chi connectivity index (χ4v) is 7.68. The Morgan fingerprint density at radius 3 is 2.57 bits per heavy atom. The number of benzene rings is 2. The lowest BCUT2D eigenvalue weighted by Gasteiger charge is -2.34. The van der Waals surface area contributed by atoms with E-state index in [-0.39, 0.29) is 57.0 Å². The smallest absolute Gasteiger partial charge is 0.318 e. The number of anilines is 1. The molecule has 2 aromatic carbocycles. The number of piperazine rings is 1. The van der Waals surface area contributed by atoms with Gasteiger partial charge in [-0.15, -0.1) is 6.42 Å². The molecule has 3 aliphatic heterocycles. The maximum atomic E-state index is 15.3. The van der Waals surface area contributed by atoms with Gasteiger partial charge in [-0.05, 0) is 75.2 Å². The monoisotopic (exact) mass is 628 g/mol. The van der Waals surface area contributed by atoms with Crippen LogP contribution in [0.5, 0.6) is 11.8 Å².